The Labute approximate surface area is 144 Å². The number of carbonyl (C=O) groups excluding carboxylic acids is 1. The van der Waals surface area contributed by atoms with Crippen LogP contribution in [0.1, 0.15) is 39.5 Å². The summed E-state index contributed by atoms with van der Waals surface area (Å²) in [4.78, 5) is 12.1. The van der Waals surface area contributed by atoms with Gasteiger partial charge in [0.05, 0.1) is 6.61 Å². The predicted octanol–water partition coefficient (Wildman–Crippen LogP) is 5.24. The summed E-state index contributed by atoms with van der Waals surface area (Å²) < 4.78 is 11.0. The highest BCUT2D eigenvalue weighted by molar-refractivity contribution is 5.75. The van der Waals surface area contributed by atoms with Crippen LogP contribution >= 0.6 is 0 Å². The first-order valence-electron chi connectivity index (χ1n) is 8.73. The number of ether oxygens (including phenoxy) is 2. The molecule has 0 amide bonds. The van der Waals surface area contributed by atoms with Crippen LogP contribution in [0.15, 0.2) is 54.6 Å². The van der Waals surface area contributed by atoms with Gasteiger partial charge in [0.1, 0.15) is 5.75 Å². The molecule has 0 saturated carbocycles. The standard InChI is InChI=1S/C21H26O3/c1-3-5-7-12-20(21(22)23-4-2)24-19-15-13-18(14-16-19)17-10-8-6-9-11-17/h6,8-11,13-16,20H,3-5,7,12H2,1-2H3. The van der Waals surface area contributed by atoms with Gasteiger partial charge in [-0.2, -0.15) is 0 Å². The SMILES string of the molecule is CCCCCC(Oc1ccc(-c2ccccc2)cc1)C(=O)OCC. The van der Waals surface area contributed by atoms with E-state index in [4.69, 9.17) is 9.47 Å². The third kappa shape index (κ3) is 5.41. The molecule has 2 aromatic carbocycles. The highest BCUT2D eigenvalue weighted by Gasteiger charge is 2.21. The third-order valence-corrected chi connectivity index (χ3v) is 3.86. The smallest absolute Gasteiger partial charge is 0.347 e. The Morgan fingerprint density at radius 3 is 2.21 bits per heavy atom. The molecule has 0 aliphatic rings. The van der Waals surface area contributed by atoms with E-state index >= 15 is 0 Å². The van der Waals surface area contributed by atoms with Crippen LogP contribution in [0, 0.1) is 0 Å². The van der Waals surface area contributed by atoms with E-state index in [2.05, 4.69) is 19.1 Å². The second-order valence-electron chi connectivity index (χ2n) is 5.74. The largest absolute Gasteiger partial charge is 0.479 e. The number of benzene rings is 2. The molecule has 0 aliphatic heterocycles. The maximum Gasteiger partial charge on any atom is 0.347 e. The van der Waals surface area contributed by atoms with Crippen molar-refractivity contribution in [3.63, 3.8) is 0 Å². The lowest BCUT2D eigenvalue weighted by molar-refractivity contribution is -0.151. The van der Waals surface area contributed by atoms with Crippen molar-refractivity contribution in [1.29, 1.82) is 0 Å². The number of esters is 1. The number of hydrogen-bond acceptors (Lipinski definition) is 3. The van der Waals surface area contributed by atoms with Crippen molar-refractivity contribution < 1.29 is 14.3 Å². The summed E-state index contributed by atoms with van der Waals surface area (Å²) in [7, 11) is 0. The Balaban J connectivity index is 2.03. The molecular weight excluding hydrogens is 300 g/mol. The average Bonchev–Trinajstić information content (AvgIpc) is 2.62. The zero-order valence-corrected chi connectivity index (χ0v) is 14.5. The van der Waals surface area contributed by atoms with Gasteiger partial charge < -0.3 is 9.47 Å². The minimum absolute atomic E-state index is 0.277. The zero-order valence-electron chi connectivity index (χ0n) is 14.5. The van der Waals surface area contributed by atoms with E-state index in [9.17, 15) is 4.79 Å². The van der Waals surface area contributed by atoms with Crippen LogP contribution in [0.25, 0.3) is 11.1 Å². The van der Waals surface area contributed by atoms with Crippen molar-refractivity contribution in [3.05, 3.63) is 54.6 Å². The number of carbonyl (C=O) groups is 1. The number of unbranched alkanes of at least 4 members (excludes halogenated alkanes) is 2. The van der Waals surface area contributed by atoms with Crippen LogP contribution in [-0.4, -0.2) is 18.7 Å². The lowest BCUT2D eigenvalue weighted by Crippen LogP contribution is -2.29. The molecular formula is C21H26O3. The maximum atomic E-state index is 12.1. The Bertz CT molecular complexity index is 605. The van der Waals surface area contributed by atoms with E-state index in [0.717, 1.165) is 30.4 Å². The van der Waals surface area contributed by atoms with Gasteiger partial charge in [-0.25, -0.2) is 4.79 Å². The molecule has 2 aromatic rings. The normalized spacial score (nSPS) is 11.8. The van der Waals surface area contributed by atoms with Crippen molar-refractivity contribution in [3.8, 4) is 16.9 Å². The minimum atomic E-state index is -0.529. The number of hydrogen-bond donors (Lipinski definition) is 0. The molecule has 3 nitrogen and oxygen atoms in total. The molecule has 0 aromatic heterocycles. The molecule has 0 fully saturated rings. The van der Waals surface area contributed by atoms with Crippen LogP contribution in [-0.2, 0) is 9.53 Å². The van der Waals surface area contributed by atoms with Gasteiger partial charge in [0, 0.05) is 0 Å². The molecule has 0 saturated heterocycles. The van der Waals surface area contributed by atoms with Crippen LogP contribution < -0.4 is 4.74 Å². The topological polar surface area (TPSA) is 35.5 Å². The van der Waals surface area contributed by atoms with E-state index in [1.54, 1.807) is 0 Å². The highest BCUT2D eigenvalue weighted by Crippen LogP contribution is 2.23. The van der Waals surface area contributed by atoms with Gasteiger partial charge in [-0.15, -0.1) is 0 Å². The van der Waals surface area contributed by atoms with Crippen molar-refractivity contribution in [2.75, 3.05) is 6.61 Å². The van der Waals surface area contributed by atoms with E-state index in [0.29, 0.717) is 18.8 Å². The van der Waals surface area contributed by atoms with Crippen LogP contribution in [0.5, 0.6) is 5.75 Å². The van der Waals surface area contributed by atoms with Gasteiger partial charge in [0.25, 0.3) is 0 Å². The third-order valence-electron chi connectivity index (χ3n) is 3.86. The summed E-state index contributed by atoms with van der Waals surface area (Å²) in [6.07, 6.45) is 3.32. The molecule has 0 bridgehead atoms. The molecule has 128 valence electrons. The number of rotatable bonds is 9. The molecule has 0 heterocycles. The summed E-state index contributed by atoms with van der Waals surface area (Å²) in [6.45, 7) is 4.33. The average molecular weight is 326 g/mol. The Hall–Kier alpha value is -2.29. The van der Waals surface area contributed by atoms with Gasteiger partial charge in [-0.05, 0) is 43.0 Å². The summed E-state index contributed by atoms with van der Waals surface area (Å²) >= 11 is 0. The molecule has 0 spiro atoms. The predicted molar refractivity (Wildman–Crippen MR) is 97.1 cm³/mol. The van der Waals surface area contributed by atoms with Gasteiger partial charge in [-0.1, -0.05) is 62.2 Å². The van der Waals surface area contributed by atoms with Gasteiger partial charge in [0.15, 0.2) is 6.10 Å². The van der Waals surface area contributed by atoms with E-state index in [1.165, 1.54) is 0 Å². The first-order valence-corrected chi connectivity index (χ1v) is 8.73. The quantitative estimate of drug-likeness (QED) is 0.467. The Morgan fingerprint density at radius 1 is 0.917 bits per heavy atom. The van der Waals surface area contributed by atoms with Gasteiger partial charge >= 0.3 is 5.97 Å². The molecule has 3 heteroatoms. The zero-order chi connectivity index (χ0) is 17.2. The van der Waals surface area contributed by atoms with Crippen molar-refractivity contribution in [2.24, 2.45) is 0 Å². The first-order chi connectivity index (χ1) is 11.7. The molecule has 0 aliphatic carbocycles. The Kier molecular flexibility index (Phi) is 7.34. The first kappa shape index (κ1) is 18.1. The molecule has 1 unspecified atom stereocenters. The molecule has 2 rings (SSSR count). The summed E-state index contributed by atoms with van der Waals surface area (Å²) in [6, 6.07) is 18.0. The second-order valence-corrected chi connectivity index (χ2v) is 5.74. The lowest BCUT2D eigenvalue weighted by atomic mass is 10.1. The van der Waals surface area contributed by atoms with E-state index in [1.807, 2.05) is 49.4 Å². The lowest BCUT2D eigenvalue weighted by Gasteiger charge is -2.18. The highest BCUT2D eigenvalue weighted by atomic mass is 16.6. The summed E-state index contributed by atoms with van der Waals surface area (Å²) in [5.41, 5.74) is 2.29. The molecule has 0 radical (unpaired) electrons. The van der Waals surface area contributed by atoms with Crippen molar-refractivity contribution in [1.82, 2.24) is 0 Å². The maximum absolute atomic E-state index is 12.1. The molecule has 24 heavy (non-hydrogen) atoms. The van der Waals surface area contributed by atoms with Crippen LogP contribution in [0.2, 0.25) is 0 Å². The van der Waals surface area contributed by atoms with Crippen LogP contribution in [0.4, 0.5) is 0 Å². The van der Waals surface area contributed by atoms with Crippen molar-refractivity contribution in [2.45, 2.75) is 45.6 Å². The molecule has 0 N–H and O–H groups in total. The van der Waals surface area contributed by atoms with E-state index in [-0.39, 0.29) is 5.97 Å². The second kappa shape index (κ2) is 9.76. The fourth-order valence-electron chi connectivity index (χ4n) is 2.56. The minimum Gasteiger partial charge on any atom is -0.479 e. The molecule has 1 atom stereocenters. The summed E-state index contributed by atoms with van der Waals surface area (Å²) in [5, 5.41) is 0. The summed E-state index contributed by atoms with van der Waals surface area (Å²) in [5.74, 6) is 0.421. The van der Waals surface area contributed by atoms with E-state index < -0.39 is 6.10 Å². The fourth-order valence-corrected chi connectivity index (χ4v) is 2.56. The van der Waals surface area contributed by atoms with Crippen LogP contribution in [0.3, 0.4) is 0 Å². The fraction of sp³-hybridized carbons (Fsp3) is 0.381. The Morgan fingerprint density at radius 2 is 1.58 bits per heavy atom. The van der Waals surface area contributed by atoms with Gasteiger partial charge in [-0.3, -0.25) is 0 Å². The van der Waals surface area contributed by atoms with Gasteiger partial charge in [0.2, 0.25) is 0 Å². The monoisotopic (exact) mass is 326 g/mol. The van der Waals surface area contributed by atoms with Crippen molar-refractivity contribution >= 4 is 5.97 Å².